The van der Waals surface area contributed by atoms with Gasteiger partial charge in [-0.3, -0.25) is 9.79 Å². The van der Waals surface area contributed by atoms with Crippen LogP contribution in [0.4, 0.5) is 10.1 Å². The summed E-state index contributed by atoms with van der Waals surface area (Å²) in [5, 5.41) is 2.97. The maximum atomic E-state index is 13.0. The Bertz CT molecular complexity index is 613. The molecular weight excluding hydrogens is 448 g/mol. The van der Waals surface area contributed by atoms with Crippen LogP contribution in [0.5, 0.6) is 0 Å². The number of piperazine rings is 1. The average Bonchev–Trinajstić information content (AvgIpc) is 3.43. The minimum atomic E-state index is -0.218. The minimum Gasteiger partial charge on any atom is -0.370 e. The van der Waals surface area contributed by atoms with Crippen LogP contribution in [-0.4, -0.2) is 55.5 Å². The second kappa shape index (κ2) is 9.94. The topological polar surface area (TPSA) is 74.0 Å². The summed E-state index contributed by atoms with van der Waals surface area (Å²) in [5.41, 5.74) is 7.09. The van der Waals surface area contributed by atoms with Crippen molar-refractivity contribution in [3.05, 3.63) is 30.1 Å². The molecular formula is C18H27FIN5O. The molecule has 2 fully saturated rings. The Balaban J connectivity index is 0.00000243. The van der Waals surface area contributed by atoms with Crippen LogP contribution in [0.15, 0.2) is 29.3 Å². The van der Waals surface area contributed by atoms with Crippen LogP contribution < -0.4 is 16.0 Å². The molecule has 0 unspecified atom stereocenters. The van der Waals surface area contributed by atoms with Gasteiger partial charge in [-0.2, -0.15) is 0 Å². The highest BCUT2D eigenvalue weighted by molar-refractivity contribution is 14.0. The predicted octanol–water partition coefficient (Wildman–Crippen LogP) is 1.94. The second-order valence-corrected chi connectivity index (χ2v) is 6.64. The number of nitrogens with one attached hydrogen (secondary N) is 1. The molecule has 1 heterocycles. The van der Waals surface area contributed by atoms with Gasteiger partial charge in [0, 0.05) is 50.9 Å². The summed E-state index contributed by atoms with van der Waals surface area (Å²) in [6.45, 7) is 3.79. The van der Waals surface area contributed by atoms with Crippen molar-refractivity contribution in [2.24, 2.45) is 10.7 Å². The normalized spacial score (nSPS) is 17.7. The van der Waals surface area contributed by atoms with Gasteiger partial charge in [0.15, 0.2) is 5.96 Å². The number of nitrogens with zero attached hydrogens (tertiary/aromatic N) is 3. The van der Waals surface area contributed by atoms with Gasteiger partial charge in [0.2, 0.25) is 5.91 Å². The third-order valence-corrected chi connectivity index (χ3v) is 4.57. The zero-order valence-corrected chi connectivity index (χ0v) is 17.2. The molecule has 1 aliphatic carbocycles. The highest BCUT2D eigenvalue weighted by Crippen LogP contribution is 2.19. The molecule has 2 aliphatic rings. The predicted molar refractivity (Wildman–Crippen MR) is 112 cm³/mol. The number of guanidine groups is 1. The number of amides is 1. The fourth-order valence-corrected chi connectivity index (χ4v) is 2.91. The lowest BCUT2D eigenvalue weighted by molar-refractivity contribution is -0.121. The van der Waals surface area contributed by atoms with Gasteiger partial charge in [0.25, 0.3) is 0 Å². The molecule has 144 valence electrons. The Morgan fingerprint density at radius 2 is 1.85 bits per heavy atom. The Kier molecular flexibility index (Phi) is 7.92. The van der Waals surface area contributed by atoms with Gasteiger partial charge in [-0.1, -0.05) is 0 Å². The van der Waals surface area contributed by atoms with Crippen molar-refractivity contribution in [3.63, 3.8) is 0 Å². The third kappa shape index (κ3) is 6.30. The van der Waals surface area contributed by atoms with Crippen LogP contribution in [0.1, 0.15) is 25.7 Å². The van der Waals surface area contributed by atoms with Crippen LogP contribution in [0.2, 0.25) is 0 Å². The largest absolute Gasteiger partial charge is 0.370 e. The zero-order valence-electron chi connectivity index (χ0n) is 14.9. The number of benzene rings is 1. The molecule has 1 saturated heterocycles. The van der Waals surface area contributed by atoms with E-state index in [0.29, 0.717) is 25.0 Å². The van der Waals surface area contributed by atoms with Gasteiger partial charge in [-0.05, 0) is 43.5 Å². The van der Waals surface area contributed by atoms with Crippen LogP contribution >= 0.6 is 24.0 Å². The van der Waals surface area contributed by atoms with Crippen molar-refractivity contribution in [2.75, 3.05) is 37.6 Å². The summed E-state index contributed by atoms with van der Waals surface area (Å²) in [6, 6.07) is 6.98. The molecule has 0 spiro atoms. The van der Waals surface area contributed by atoms with Gasteiger partial charge >= 0.3 is 0 Å². The van der Waals surface area contributed by atoms with Crippen molar-refractivity contribution in [1.82, 2.24) is 10.2 Å². The van der Waals surface area contributed by atoms with E-state index < -0.39 is 0 Å². The van der Waals surface area contributed by atoms with Crippen molar-refractivity contribution in [2.45, 2.75) is 31.7 Å². The molecule has 3 rings (SSSR count). The second-order valence-electron chi connectivity index (χ2n) is 6.64. The molecule has 0 bridgehead atoms. The number of hydrogen-bond donors (Lipinski definition) is 2. The van der Waals surface area contributed by atoms with Gasteiger partial charge in [0.1, 0.15) is 5.82 Å². The first kappa shape index (κ1) is 20.7. The zero-order chi connectivity index (χ0) is 17.6. The number of aliphatic imine (C=N–C) groups is 1. The van der Waals surface area contributed by atoms with E-state index in [2.05, 4.69) is 20.1 Å². The monoisotopic (exact) mass is 475 g/mol. The summed E-state index contributed by atoms with van der Waals surface area (Å²) in [6.07, 6.45) is 3.45. The SMILES string of the molecule is I.NC(=NCCCC(=O)NC1CC1)N1CCN(c2ccc(F)cc2)CC1. The first-order valence-electron chi connectivity index (χ1n) is 8.96. The molecule has 0 aromatic heterocycles. The number of rotatable bonds is 6. The molecule has 0 atom stereocenters. The van der Waals surface area contributed by atoms with Gasteiger partial charge in [0.05, 0.1) is 0 Å². The molecule has 1 aliphatic heterocycles. The number of nitrogens with two attached hydrogens (primary N) is 1. The maximum absolute atomic E-state index is 13.0. The molecule has 1 aromatic rings. The summed E-state index contributed by atoms with van der Waals surface area (Å²) in [5.74, 6) is 0.440. The van der Waals surface area contributed by atoms with E-state index in [1.54, 1.807) is 12.1 Å². The fraction of sp³-hybridized carbons (Fsp3) is 0.556. The van der Waals surface area contributed by atoms with Gasteiger partial charge in [-0.25, -0.2) is 4.39 Å². The summed E-state index contributed by atoms with van der Waals surface area (Å²) in [7, 11) is 0. The smallest absolute Gasteiger partial charge is 0.220 e. The van der Waals surface area contributed by atoms with Crippen LogP contribution in [0, 0.1) is 5.82 Å². The van der Waals surface area contributed by atoms with E-state index in [4.69, 9.17) is 5.73 Å². The highest BCUT2D eigenvalue weighted by Gasteiger charge is 2.22. The molecule has 1 aromatic carbocycles. The standard InChI is InChI=1S/C18H26FN5O.HI/c19-14-3-7-16(8-4-14)23-10-12-24(13-11-23)18(20)21-9-1-2-17(25)22-15-5-6-15;/h3-4,7-8,15H,1-2,5-6,9-13H2,(H2,20,21)(H,22,25);1H. The fourth-order valence-electron chi connectivity index (χ4n) is 2.91. The van der Waals surface area contributed by atoms with Crippen LogP contribution in [-0.2, 0) is 4.79 Å². The van der Waals surface area contributed by atoms with Gasteiger partial charge in [-0.15, -0.1) is 24.0 Å². The Morgan fingerprint density at radius 3 is 2.46 bits per heavy atom. The van der Waals surface area contributed by atoms with E-state index in [0.717, 1.165) is 51.1 Å². The first-order valence-corrected chi connectivity index (χ1v) is 8.96. The van der Waals surface area contributed by atoms with E-state index in [1.807, 2.05) is 0 Å². The van der Waals surface area contributed by atoms with Crippen molar-refractivity contribution in [1.29, 1.82) is 0 Å². The number of halogens is 2. The van der Waals surface area contributed by atoms with Crippen molar-refractivity contribution >= 4 is 41.5 Å². The number of anilines is 1. The lowest BCUT2D eigenvalue weighted by Gasteiger charge is -2.36. The molecule has 6 nitrogen and oxygen atoms in total. The number of carbonyl (C=O) groups excluding carboxylic acids is 1. The van der Waals surface area contributed by atoms with E-state index >= 15 is 0 Å². The van der Waals surface area contributed by atoms with Crippen LogP contribution in [0.3, 0.4) is 0 Å². The van der Waals surface area contributed by atoms with E-state index in [-0.39, 0.29) is 35.7 Å². The molecule has 1 amide bonds. The lowest BCUT2D eigenvalue weighted by atomic mass is 10.2. The highest BCUT2D eigenvalue weighted by atomic mass is 127. The number of carbonyl (C=O) groups is 1. The third-order valence-electron chi connectivity index (χ3n) is 4.57. The summed E-state index contributed by atoms with van der Waals surface area (Å²) < 4.78 is 13.0. The Hall–Kier alpha value is -1.58. The maximum Gasteiger partial charge on any atom is 0.220 e. The minimum absolute atomic E-state index is 0. The van der Waals surface area contributed by atoms with Gasteiger partial charge < -0.3 is 20.9 Å². The summed E-state index contributed by atoms with van der Waals surface area (Å²) >= 11 is 0. The van der Waals surface area contributed by atoms with E-state index in [9.17, 15) is 9.18 Å². The molecule has 0 radical (unpaired) electrons. The molecule has 1 saturated carbocycles. The van der Waals surface area contributed by atoms with Crippen molar-refractivity contribution < 1.29 is 9.18 Å². The molecule has 8 heteroatoms. The Labute approximate surface area is 171 Å². The van der Waals surface area contributed by atoms with Crippen molar-refractivity contribution in [3.8, 4) is 0 Å². The Morgan fingerprint density at radius 1 is 1.19 bits per heavy atom. The molecule has 3 N–H and O–H groups in total. The lowest BCUT2D eigenvalue weighted by Crippen LogP contribution is -2.51. The van der Waals surface area contributed by atoms with E-state index in [1.165, 1.54) is 12.1 Å². The first-order chi connectivity index (χ1) is 12.1. The molecule has 26 heavy (non-hydrogen) atoms. The summed E-state index contributed by atoms with van der Waals surface area (Å²) in [4.78, 5) is 20.3. The quantitative estimate of drug-likeness (QED) is 0.286. The average molecular weight is 475 g/mol. The van der Waals surface area contributed by atoms with Crippen LogP contribution in [0.25, 0.3) is 0 Å². The number of hydrogen-bond acceptors (Lipinski definition) is 3.